The van der Waals surface area contributed by atoms with Gasteiger partial charge in [-0.25, -0.2) is 4.98 Å². The lowest BCUT2D eigenvalue weighted by atomic mass is 10.0. The van der Waals surface area contributed by atoms with E-state index in [1.807, 2.05) is 12.1 Å². The van der Waals surface area contributed by atoms with Crippen molar-refractivity contribution in [2.75, 3.05) is 5.32 Å². The van der Waals surface area contributed by atoms with E-state index in [-0.39, 0.29) is 11.3 Å². The van der Waals surface area contributed by atoms with E-state index in [4.69, 9.17) is 4.98 Å². The molecule has 1 aromatic carbocycles. The molecule has 0 aliphatic rings. The van der Waals surface area contributed by atoms with E-state index in [0.717, 1.165) is 29.1 Å². The molecule has 2 heterocycles. The number of aryl methyl sites for hydroxylation is 1. The van der Waals surface area contributed by atoms with Crippen LogP contribution >= 0.6 is 0 Å². The van der Waals surface area contributed by atoms with Gasteiger partial charge >= 0.3 is 0 Å². The highest BCUT2D eigenvalue weighted by molar-refractivity contribution is 5.77. The number of rotatable bonds is 4. The molecular weight excluding hydrogens is 286 g/mol. The normalized spacial score (nSPS) is 11.8. The molecule has 0 fully saturated rings. The first kappa shape index (κ1) is 15.4. The van der Waals surface area contributed by atoms with Gasteiger partial charge in [-0.1, -0.05) is 6.92 Å². The zero-order valence-electron chi connectivity index (χ0n) is 14.1. The van der Waals surface area contributed by atoms with Crippen LogP contribution in [0.25, 0.3) is 16.9 Å². The van der Waals surface area contributed by atoms with Gasteiger partial charge in [-0.3, -0.25) is 4.40 Å². The maximum absolute atomic E-state index is 9.53. The van der Waals surface area contributed by atoms with Crippen molar-refractivity contribution in [2.24, 2.45) is 0 Å². The summed E-state index contributed by atoms with van der Waals surface area (Å²) in [6, 6.07) is 11.3. The molecule has 0 amide bonds. The average Bonchev–Trinajstić information content (AvgIpc) is 2.85. The summed E-state index contributed by atoms with van der Waals surface area (Å²) in [5, 5.41) is 13.2. The van der Waals surface area contributed by atoms with Crippen molar-refractivity contribution < 1.29 is 5.11 Å². The maximum atomic E-state index is 9.53. The van der Waals surface area contributed by atoms with Crippen molar-refractivity contribution in [1.82, 2.24) is 9.38 Å². The summed E-state index contributed by atoms with van der Waals surface area (Å²) in [7, 11) is 0. The van der Waals surface area contributed by atoms with Crippen molar-refractivity contribution in [3.05, 3.63) is 48.2 Å². The molecule has 0 aliphatic heterocycles. The van der Waals surface area contributed by atoms with Gasteiger partial charge in [0.05, 0.1) is 0 Å². The van der Waals surface area contributed by atoms with Crippen LogP contribution in [0, 0.1) is 6.92 Å². The first-order valence-electron chi connectivity index (χ1n) is 7.96. The van der Waals surface area contributed by atoms with Gasteiger partial charge in [0.2, 0.25) is 0 Å². The zero-order valence-corrected chi connectivity index (χ0v) is 14.1. The fraction of sp³-hybridized carbons (Fsp3) is 0.316. The maximum Gasteiger partial charge on any atom is 0.139 e. The highest BCUT2D eigenvalue weighted by atomic mass is 16.3. The standard InChI is InChI=1S/C19H23N3O/c1-5-19(3,4)21-18-17(14-6-8-15(23)9-7-14)20-16-12-13(2)10-11-22(16)18/h6-12,21,23H,5H2,1-4H3. The second-order valence-corrected chi connectivity index (χ2v) is 6.65. The number of anilines is 1. The summed E-state index contributed by atoms with van der Waals surface area (Å²) >= 11 is 0. The first-order valence-corrected chi connectivity index (χ1v) is 7.96. The molecule has 23 heavy (non-hydrogen) atoms. The Balaban J connectivity index is 2.20. The monoisotopic (exact) mass is 309 g/mol. The number of aromatic nitrogens is 2. The Labute approximate surface area is 136 Å². The number of nitrogens with one attached hydrogen (secondary N) is 1. The van der Waals surface area contributed by atoms with Gasteiger partial charge in [-0.05, 0) is 69.2 Å². The van der Waals surface area contributed by atoms with E-state index in [2.05, 4.69) is 55.7 Å². The van der Waals surface area contributed by atoms with E-state index in [1.165, 1.54) is 5.56 Å². The molecule has 0 atom stereocenters. The van der Waals surface area contributed by atoms with E-state index in [0.29, 0.717) is 0 Å². The number of aromatic hydroxyl groups is 1. The van der Waals surface area contributed by atoms with Gasteiger partial charge in [0, 0.05) is 17.3 Å². The Kier molecular flexibility index (Phi) is 3.76. The van der Waals surface area contributed by atoms with Crippen LogP contribution in [0.1, 0.15) is 32.8 Å². The van der Waals surface area contributed by atoms with Gasteiger partial charge in [0.1, 0.15) is 22.9 Å². The second kappa shape index (κ2) is 5.61. The number of benzene rings is 1. The Morgan fingerprint density at radius 1 is 1.17 bits per heavy atom. The molecule has 4 heteroatoms. The van der Waals surface area contributed by atoms with Gasteiger partial charge in [0.15, 0.2) is 0 Å². The van der Waals surface area contributed by atoms with E-state index in [9.17, 15) is 5.11 Å². The van der Waals surface area contributed by atoms with Crippen molar-refractivity contribution in [1.29, 1.82) is 0 Å². The van der Waals surface area contributed by atoms with Crippen LogP contribution < -0.4 is 5.32 Å². The lowest BCUT2D eigenvalue weighted by Gasteiger charge is -2.26. The Hall–Kier alpha value is -2.49. The minimum absolute atomic E-state index is 0.0352. The predicted octanol–water partition coefficient (Wildman–Crippen LogP) is 4.62. The summed E-state index contributed by atoms with van der Waals surface area (Å²) in [5.74, 6) is 1.24. The van der Waals surface area contributed by atoms with Crippen molar-refractivity contribution in [3.63, 3.8) is 0 Å². The fourth-order valence-electron chi connectivity index (χ4n) is 2.50. The third-order valence-electron chi connectivity index (χ3n) is 4.26. The molecule has 3 aromatic rings. The molecule has 0 spiro atoms. The minimum atomic E-state index is -0.0352. The zero-order chi connectivity index (χ0) is 16.6. The van der Waals surface area contributed by atoms with Crippen LogP contribution in [0.4, 0.5) is 5.82 Å². The first-order chi connectivity index (χ1) is 10.9. The third kappa shape index (κ3) is 3.02. The Morgan fingerprint density at radius 2 is 1.87 bits per heavy atom. The molecule has 2 N–H and O–H groups in total. The number of imidazole rings is 1. The number of phenols is 1. The molecule has 3 rings (SSSR count). The molecule has 0 unspecified atom stereocenters. The van der Waals surface area contributed by atoms with Crippen molar-refractivity contribution in [3.8, 4) is 17.0 Å². The van der Waals surface area contributed by atoms with Crippen LogP contribution in [0.2, 0.25) is 0 Å². The minimum Gasteiger partial charge on any atom is -0.508 e. The molecular formula is C19H23N3O. The number of fused-ring (bicyclic) bond motifs is 1. The number of nitrogens with zero attached hydrogens (tertiary/aromatic N) is 2. The summed E-state index contributed by atoms with van der Waals surface area (Å²) in [4.78, 5) is 4.81. The summed E-state index contributed by atoms with van der Waals surface area (Å²) in [6.45, 7) is 8.60. The van der Waals surface area contributed by atoms with Crippen molar-refractivity contribution >= 4 is 11.5 Å². The molecule has 0 aliphatic carbocycles. The van der Waals surface area contributed by atoms with Crippen LogP contribution in [-0.2, 0) is 0 Å². The lowest BCUT2D eigenvalue weighted by Crippen LogP contribution is -2.30. The average molecular weight is 309 g/mol. The third-order valence-corrected chi connectivity index (χ3v) is 4.26. The summed E-state index contributed by atoms with van der Waals surface area (Å²) in [6.07, 6.45) is 3.05. The molecule has 4 nitrogen and oxygen atoms in total. The van der Waals surface area contributed by atoms with Gasteiger partial charge in [-0.2, -0.15) is 0 Å². The molecule has 120 valence electrons. The molecule has 0 saturated heterocycles. The molecule has 0 saturated carbocycles. The lowest BCUT2D eigenvalue weighted by molar-refractivity contribution is 0.475. The highest BCUT2D eigenvalue weighted by Crippen LogP contribution is 2.32. The van der Waals surface area contributed by atoms with Gasteiger partial charge in [0.25, 0.3) is 0 Å². The van der Waals surface area contributed by atoms with E-state index >= 15 is 0 Å². The number of pyridine rings is 1. The fourth-order valence-corrected chi connectivity index (χ4v) is 2.50. The predicted molar refractivity (Wildman–Crippen MR) is 95.0 cm³/mol. The molecule has 0 radical (unpaired) electrons. The second-order valence-electron chi connectivity index (χ2n) is 6.65. The largest absolute Gasteiger partial charge is 0.508 e. The van der Waals surface area contributed by atoms with E-state index < -0.39 is 0 Å². The van der Waals surface area contributed by atoms with Crippen LogP contribution in [0.3, 0.4) is 0 Å². The van der Waals surface area contributed by atoms with Crippen LogP contribution in [0.5, 0.6) is 5.75 Å². The summed E-state index contributed by atoms with van der Waals surface area (Å²) < 4.78 is 2.09. The topological polar surface area (TPSA) is 49.6 Å². The van der Waals surface area contributed by atoms with Crippen molar-refractivity contribution in [2.45, 2.75) is 39.7 Å². The quantitative estimate of drug-likeness (QED) is 0.739. The number of hydrogen-bond donors (Lipinski definition) is 2. The molecule has 0 bridgehead atoms. The molecule has 2 aromatic heterocycles. The smallest absolute Gasteiger partial charge is 0.139 e. The number of phenolic OH excluding ortho intramolecular Hbond substituents is 1. The van der Waals surface area contributed by atoms with Crippen LogP contribution in [-0.4, -0.2) is 20.0 Å². The Bertz CT molecular complexity index is 832. The summed E-state index contributed by atoms with van der Waals surface area (Å²) in [5.41, 5.74) is 3.95. The highest BCUT2D eigenvalue weighted by Gasteiger charge is 2.21. The van der Waals surface area contributed by atoms with Gasteiger partial charge < -0.3 is 10.4 Å². The van der Waals surface area contributed by atoms with Crippen LogP contribution in [0.15, 0.2) is 42.6 Å². The van der Waals surface area contributed by atoms with E-state index in [1.54, 1.807) is 12.1 Å². The SMILES string of the molecule is CCC(C)(C)Nc1c(-c2ccc(O)cc2)nc2cc(C)ccn12. The van der Waals surface area contributed by atoms with Gasteiger partial charge in [-0.15, -0.1) is 0 Å². The number of hydrogen-bond acceptors (Lipinski definition) is 3. The Morgan fingerprint density at radius 3 is 2.52 bits per heavy atom.